The topological polar surface area (TPSA) is 98.3 Å². The SMILES string of the molecule is CC(CC(N)=O)Nc1c(Cl)cccc1[N+](=O)[O-]. The average molecular weight is 258 g/mol. The first kappa shape index (κ1) is 13.2. The monoisotopic (exact) mass is 257 g/mol. The van der Waals surface area contributed by atoms with Gasteiger partial charge in [0.25, 0.3) is 5.69 Å². The molecule has 0 bridgehead atoms. The van der Waals surface area contributed by atoms with E-state index in [1.54, 1.807) is 6.92 Å². The lowest BCUT2D eigenvalue weighted by Crippen LogP contribution is -2.24. The van der Waals surface area contributed by atoms with Crippen LogP contribution in [0.3, 0.4) is 0 Å². The maximum Gasteiger partial charge on any atom is 0.293 e. The van der Waals surface area contributed by atoms with E-state index in [1.807, 2.05) is 0 Å². The molecule has 0 spiro atoms. The Kier molecular flexibility index (Phi) is 4.28. The van der Waals surface area contributed by atoms with E-state index >= 15 is 0 Å². The van der Waals surface area contributed by atoms with Crippen LogP contribution in [0.2, 0.25) is 5.02 Å². The van der Waals surface area contributed by atoms with Crippen LogP contribution in [0.1, 0.15) is 13.3 Å². The molecule has 0 aromatic heterocycles. The molecular weight excluding hydrogens is 246 g/mol. The summed E-state index contributed by atoms with van der Waals surface area (Å²) in [5, 5.41) is 13.8. The number of primary amides is 1. The number of benzene rings is 1. The van der Waals surface area contributed by atoms with E-state index in [-0.39, 0.29) is 28.9 Å². The van der Waals surface area contributed by atoms with Crippen molar-refractivity contribution in [3.05, 3.63) is 33.3 Å². The van der Waals surface area contributed by atoms with Crippen molar-refractivity contribution < 1.29 is 9.72 Å². The molecule has 1 unspecified atom stereocenters. The second kappa shape index (κ2) is 5.49. The Morgan fingerprint density at radius 2 is 2.29 bits per heavy atom. The summed E-state index contributed by atoms with van der Waals surface area (Å²) in [5.41, 5.74) is 5.11. The smallest absolute Gasteiger partial charge is 0.293 e. The van der Waals surface area contributed by atoms with Gasteiger partial charge in [0.1, 0.15) is 5.69 Å². The molecule has 1 rings (SSSR count). The minimum absolute atomic E-state index is 0.0718. The maximum absolute atomic E-state index is 10.8. The Morgan fingerprint density at radius 3 is 2.82 bits per heavy atom. The highest BCUT2D eigenvalue weighted by molar-refractivity contribution is 6.33. The molecule has 0 heterocycles. The summed E-state index contributed by atoms with van der Waals surface area (Å²) >= 11 is 5.87. The molecule has 0 aliphatic carbocycles. The number of hydrogen-bond donors (Lipinski definition) is 2. The maximum atomic E-state index is 10.8. The summed E-state index contributed by atoms with van der Waals surface area (Å²) in [7, 11) is 0. The largest absolute Gasteiger partial charge is 0.375 e. The Bertz CT molecular complexity index is 450. The van der Waals surface area contributed by atoms with Crippen LogP contribution in [0.5, 0.6) is 0 Å². The Morgan fingerprint density at radius 1 is 1.65 bits per heavy atom. The molecule has 1 aromatic rings. The van der Waals surface area contributed by atoms with Crippen molar-refractivity contribution in [1.82, 2.24) is 0 Å². The lowest BCUT2D eigenvalue weighted by Gasteiger charge is -2.14. The minimum atomic E-state index is -0.537. The van der Waals surface area contributed by atoms with Crippen molar-refractivity contribution >= 4 is 28.9 Å². The van der Waals surface area contributed by atoms with Crippen molar-refractivity contribution in [3.63, 3.8) is 0 Å². The summed E-state index contributed by atoms with van der Waals surface area (Å²) in [6, 6.07) is 4.04. The van der Waals surface area contributed by atoms with Crippen LogP contribution in [-0.4, -0.2) is 16.9 Å². The van der Waals surface area contributed by atoms with Gasteiger partial charge in [0.2, 0.25) is 5.91 Å². The average Bonchev–Trinajstić information content (AvgIpc) is 2.19. The highest BCUT2D eigenvalue weighted by atomic mass is 35.5. The molecule has 1 aromatic carbocycles. The lowest BCUT2D eigenvalue weighted by molar-refractivity contribution is -0.384. The molecule has 7 heteroatoms. The molecule has 0 aliphatic rings. The molecule has 3 N–H and O–H groups in total. The Balaban J connectivity index is 2.96. The number of nitrogens with zero attached hydrogens (tertiary/aromatic N) is 1. The van der Waals surface area contributed by atoms with Crippen molar-refractivity contribution in [3.8, 4) is 0 Å². The highest BCUT2D eigenvalue weighted by Gasteiger charge is 2.18. The number of carbonyl (C=O) groups excluding carboxylic acids is 1. The molecule has 0 aliphatic heterocycles. The zero-order chi connectivity index (χ0) is 13.0. The number of amides is 1. The van der Waals surface area contributed by atoms with Gasteiger partial charge in [0.05, 0.1) is 9.95 Å². The zero-order valence-corrected chi connectivity index (χ0v) is 9.90. The van der Waals surface area contributed by atoms with Gasteiger partial charge in [-0.15, -0.1) is 0 Å². The van der Waals surface area contributed by atoms with E-state index in [9.17, 15) is 14.9 Å². The van der Waals surface area contributed by atoms with E-state index in [4.69, 9.17) is 17.3 Å². The second-order valence-corrected chi connectivity index (χ2v) is 4.01. The third-order valence-corrected chi connectivity index (χ3v) is 2.40. The summed E-state index contributed by atoms with van der Waals surface area (Å²) in [6.45, 7) is 1.69. The molecule has 92 valence electrons. The van der Waals surface area contributed by atoms with Crippen molar-refractivity contribution in [2.24, 2.45) is 5.73 Å². The number of para-hydroxylation sites is 1. The fraction of sp³-hybridized carbons (Fsp3) is 0.300. The molecule has 0 fully saturated rings. The van der Waals surface area contributed by atoms with E-state index in [1.165, 1.54) is 18.2 Å². The van der Waals surface area contributed by atoms with Crippen molar-refractivity contribution in [2.45, 2.75) is 19.4 Å². The fourth-order valence-corrected chi connectivity index (χ4v) is 1.63. The molecule has 1 amide bonds. The minimum Gasteiger partial charge on any atom is -0.375 e. The molecule has 0 saturated carbocycles. The van der Waals surface area contributed by atoms with Gasteiger partial charge in [-0.2, -0.15) is 0 Å². The predicted molar refractivity (Wildman–Crippen MR) is 65.0 cm³/mol. The van der Waals surface area contributed by atoms with E-state index < -0.39 is 10.8 Å². The fourth-order valence-electron chi connectivity index (χ4n) is 1.41. The first-order valence-corrected chi connectivity index (χ1v) is 5.27. The number of nitro groups is 1. The molecule has 0 saturated heterocycles. The molecular formula is C10H12ClN3O3. The van der Waals surface area contributed by atoms with Gasteiger partial charge in [-0.1, -0.05) is 17.7 Å². The standard InChI is InChI=1S/C10H12ClN3O3/c1-6(5-9(12)15)13-10-7(11)3-2-4-8(10)14(16)17/h2-4,6,13H,5H2,1H3,(H2,12,15). The van der Waals surface area contributed by atoms with Gasteiger partial charge in [-0.05, 0) is 13.0 Å². The first-order valence-electron chi connectivity index (χ1n) is 4.89. The quantitative estimate of drug-likeness (QED) is 0.622. The van der Waals surface area contributed by atoms with Crippen LogP contribution < -0.4 is 11.1 Å². The number of carbonyl (C=O) groups is 1. The number of anilines is 1. The van der Waals surface area contributed by atoms with Gasteiger partial charge < -0.3 is 11.1 Å². The number of nitrogens with one attached hydrogen (secondary N) is 1. The van der Waals surface area contributed by atoms with Crippen LogP contribution in [-0.2, 0) is 4.79 Å². The third kappa shape index (κ3) is 3.60. The summed E-state index contributed by atoms with van der Waals surface area (Å²) < 4.78 is 0. The molecule has 17 heavy (non-hydrogen) atoms. The van der Waals surface area contributed by atoms with Gasteiger partial charge in [0.15, 0.2) is 0 Å². The third-order valence-electron chi connectivity index (χ3n) is 2.09. The lowest BCUT2D eigenvalue weighted by atomic mass is 10.2. The van der Waals surface area contributed by atoms with Gasteiger partial charge >= 0.3 is 0 Å². The number of hydrogen-bond acceptors (Lipinski definition) is 4. The van der Waals surface area contributed by atoms with Crippen LogP contribution in [0.25, 0.3) is 0 Å². The van der Waals surface area contributed by atoms with E-state index in [0.717, 1.165) is 0 Å². The van der Waals surface area contributed by atoms with Crippen molar-refractivity contribution in [2.75, 3.05) is 5.32 Å². The Hall–Kier alpha value is -1.82. The zero-order valence-electron chi connectivity index (χ0n) is 9.14. The summed E-state index contributed by atoms with van der Waals surface area (Å²) in [4.78, 5) is 21.0. The summed E-state index contributed by atoms with van der Waals surface area (Å²) in [6.07, 6.45) is 0.0718. The number of halogens is 1. The molecule has 0 radical (unpaired) electrons. The van der Waals surface area contributed by atoms with E-state index in [0.29, 0.717) is 0 Å². The predicted octanol–water partition coefficient (Wildman–Crippen LogP) is 1.92. The number of rotatable bonds is 5. The second-order valence-electron chi connectivity index (χ2n) is 3.61. The van der Waals surface area contributed by atoms with Gasteiger partial charge in [-0.3, -0.25) is 14.9 Å². The van der Waals surface area contributed by atoms with E-state index in [2.05, 4.69) is 5.32 Å². The molecule has 6 nitrogen and oxygen atoms in total. The van der Waals surface area contributed by atoms with Crippen LogP contribution in [0.15, 0.2) is 18.2 Å². The first-order chi connectivity index (χ1) is 7.91. The van der Waals surface area contributed by atoms with Crippen LogP contribution >= 0.6 is 11.6 Å². The van der Waals surface area contributed by atoms with Crippen LogP contribution in [0.4, 0.5) is 11.4 Å². The van der Waals surface area contributed by atoms with Gasteiger partial charge in [-0.25, -0.2) is 0 Å². The summed E-state index contributed by atoms with van der Waals surface area (Å²) in [5.74, 6) is -0.486. The van der Waals surface area contributed by atoms with Crippen molar-refractivity contribution in [1.29, 1.82) is 0 Å². The highest BCUT2D eigenvalue weighted by Crippen LogP contribution is 2.32. The Labute approximate surface area is 103 Å². The van der Waals surface area contributed by atoms with Crippen LogP contribution in [0, 0.1) is 10.1 Å². The van der Waals surface area contributed by atoms with Gasteiger partial charge in [0, 0.05) is 18.5 Å². The normalized spacial score (nSPS) is 11.9. The number of nitrogens with two attached hydrogens (primary N) is 1. The molecule has 1 atom stereocenters. The number of nitro benzene ring substituents is 1.